The first kappa shape index (κ1) is 15.1. The minimum atomic E-state index is -0.450. The highest BCUT2D eigenvalue weighted by atomic mass is 35.5. The number of nitrogens with zero attached hydrogens (tertiary/aromatic N) is 3. The van der Waals surface area contributed by atoms with E-state index >= 15 is 0 Å². The van der Waals surface area contributed by atoms with Gasteiger partial charge in [-0.25, -0.2) is 0 Å². The monoisotopic (exact) mass is 309 g/mol. The predicted octanol–water partition coefficient (Wildman–Crippen LogP) is 2.55. The Hall–Kier alpha value is -0.840. The van der Waals surface area contributed by atoms with Gasteiger partial charge in [0.2, 0.25) is 0 Å². The van der Waals surface area contributed by atoms with Gasteiger partial charge >= 0.3 is 0 Å². The molecule has 4 nitrogen and oxygen atoms in total. The molecule has 0 spiro atoms. The molecule has 1 N–H and O–H groups in total. The standard InChI is InChI=1S/C16H24ClN3O/c17-14-12-18-7-4-15(14)20-10-8-19(9-11-20)13-16(21)5-2-1-3-6-16/h4,7,12,21H,1-3,5-6,8-11,13H2. The Morgan fingerprint density at radius 3 is 2.52 bits per heavy atom. The maximum Gasteiger partial charge on any atom is 0.0822 e. The van der Waals surface area contributed by atoms with Crippen molar-refractivity contribution in [1.82, 2.24) is 9.88 Å². The Morgan fingerprint density at radius 1 is 1.14 bits per heavy atom. The number of hydrogen-bond donors (Lipinski definition) is 1. The molecule has 0 atom stereocenters. The lowest BCUT2D eigenvalue weighted by Crippen LogP contribution is -2.52. The summed E-state index contributed by atoms with van der Waals surface area (Å²) < 4.78 is 0. The first-order valence-corrected chi connectivity index (χ1v) is 8.33. The summed E-state index contributed by atoms with van der Waals surface area (Å²) in [6, 6.07) is 1.98. The average Bonchev–Trinajstić information content (AvgIpc) is 2.49. The van der Waals surface area contributed by atoms with Gasteiger partial charge in [0, 0.05) is 45.1 Å². The molecule has 1 aromatic heterocycles. The molecule has 0 bridgehead atoms. The van der Waals surface area contributed by atoms with Crippen LogP contribution in [0.3, 0.4) is 0 Å². The van der Waals surface area contributed by atoms with Crippen molar-refractivity contribution in [2.45, 2.75) is 37.7 Å². The van der Waals surface area contributed by atoms with Crippen LogP contribution >= 0.6 is 11.6 Å². The van der Waals surface area contributed by atoms with Gasteiger partial charge in [-0.05, 0) is 18.9 Å². The lowest BCUT2D eigenvalue weighted by atomic mass is 9.84. The fraction of sp³-hybridized carbons (Fsp3) is 0.688. The molecule has 21 heavy (non-hydrogen) atoms. The third kappa shape index (κ3) is 3.68. The van der Waals surface area contributed by atoms with Crippen LogP contribution in [-0.4, -0.2) is 53.3 Å². The molecule has 2 heterocycles. The number of hydrogen-bond acceptors (Lipinski definition) is 4. The van der Waals surface area contributed by atoms with Crippen molar-refractivity contribution in [3.05, 3.63) is 23.5 Å². The molecule has 0 aromatic carbocycles. The minimum absolute atomic E-state index is 0.450. The topological polar surface area (TPSA) is 39.6 Å². The van der Waals surface area contributed by atoms with E-state index in [1.807, 2.05) is 6.07 Å². The number of anilines is 1. The van der Waals surface area contributed by atoms with Crippen molar-refractivity contribution < 1.29 is 5.11 Å². The van der Waals surface area contributed by atoms with Gasteiger partial charge in [0.1, 0.15) is 0 Å². The zero-order chi connectivity index (χ0) is 14.7. The molecule has 5 heteroatoms. The van der Waals surface area contributed by atoms with Crippen molar-refractivity contribution in [2.75, 3.05) is 37.6 Å². The van der Waals surface area contributed by atoms with Crippen LogP contribution in [0.15, 0.2) is 18.5 Å². The summed E-state index contributed by atoms with van der Waals surface area (Å²) in [5, 5.41) is 11.4. The summed E-state index contributed by atoms with van der Waals surface area (Å²) in [7, 11) is 0. The van der Waals surface area contributed by atoms with Gasteiger partial charge in [0.05, 0.1) is 16.3 Å². The number of halogens is 1. The van der Waals surface area contributed by atoms with E-state index in [4.69, 9.17) is 11.6 Å². The summed E-state index contributed by atoms with van der Waals surface area (Å²) >= 11 is 6.21. The molecule has 0 amide bonds. The zero-order valence-electron chi connectivity index (χ0n) is 12.5. The van der Waals surface area contributed by atoms with Crippen molar-refractivity contribution in [3.63, 3.8) is 0 Å². The Labute approximate surface area is 131 Å². The first-order chi connectivity index (χ1) is 10.2. The minimum Gasteiger partial charge on any atom is -0.389 e. The van der Waals surface area contributed by atoms with E-state index in [0.29, 0.717) is 0 Å². The van der Waals surface area contributed by atoms with Crippen molar-refractivity contribution in [3.8, 4) is 0 Å². The maximum absolute atomic E-state index is 10.7. The lowest BCUT2D eigenvalue weighted by molar-refractivity contribution is -0.0271. The molecule has 1 aliphatic carbocycles. The van der Waals surface area contributed by atoms with E-state index in [0.717, 1.165) is 56.3 Å². The fourth-order valence-electron chi connectivity index (χ4n) is 3.56. The van der Waals surface area contributed by atoms with Gasteiger partial charge in [0.25, 0.3) is 0 Å². The Kier molecular flexibility index (Phi) is 4.67. The second-order valence-electron chi connectivity index (χ2n) is 6.38. The van der Waals surface area contributed by atoms with Crippen molar-refractivity contribution >= 4 is 17.3 Å². The Morgan fingerprint density at radius 2 is 1.86 bits per heavy atom. The molecule has 2 aliphatic rings. The summed E-state index contributed by atoms with van der Waals surface area (Å²) in [5.41, 5.74) is 0.622. The molecular formula is C16H24ClN3O. The molecule has 1 saturated carbocycles. The molecule has 3 rings (SSSR count). The van der Waals surface area contributed by atoms with E-state index in [9.17, 15) is 5.11 Å². The SMILES string of the molecule is OC1(CN2CCN(c3ccncc3Cl)CC2)CCCCC1. The second-order valence-corrected chi connectivity index (χ2v) is 6.78. The number of aliphatic hydroxyl groups is 1. The van der Waals surface area contributed by atoms with Crippen molar-refractivity contribution in [2.24, 2.45) is 0 Å². The van der Waals surface area contributed by atoms with Crippen molar-refractivity contribution in [1.29, 1.82) is 0 Å². The van der Waals surface area contributed by atoms with E-state index in [2.05, 4.69) is 14.8 Å². The molecular weight excluding hydrogens is 286 g/mol. The van der Waals surface area contributed by atoms with E-state index in [1.54, 1.807) is 12.4 Å². The van der Waals surface area contributed by atoms with Gasteiger partial charge in [-0.3, -0.25) is 9.88 Å². The molecule has 2 fully saturated rings. The van der Waals surface area contributed by atoms with Gasteiger partial charge in [-0.1, -0.05) is 30.9 Å². The van der Waals surface area contributed by atoms with Crippen LogP contribution in [-0.2, 0) is 0 Å². The van der Waals surface area contributed by atoms with Crippen LogP contribution in [0.5, 0.6) is 0 Å². The van der Waals surface area contributed by atoms with Crippen LogP contribution in [0.2, 0.25) is 5.02 Å². The van der Waals surface area contributed by atoms with Crippen LogP contribution in [0.25, 0.3) is 0 Å². The number of aromatic nitrogens is 1. The Balaban J connectivity index is 1.54. The normalized spacial score (nSPS) is 23.2. The highest BCUT2D eigenvalue weighted by Crippen LogP contribution is 2.30. The second kappa shape index (κ2) is 6.51. The van der Waals surface area contributed by atoms with E-state index < -0.39 is 5.60 Å². The maximum atomic E-state index is 10.7. The average molecular weight is 310 g/mol. The largest absolute Gasteiger partial charge is 0.389 e. The predicted molar refractivity (Wildman–Crippen MR) is 85.9 cm³/mol. The van der Waals surface area contributed by atoms with Gasteiger partial charge < -0.3 is 10.0 Å². The third-order valence-electron chi connectivity index (χ3n) is 4.77. The fourth-order valence-corrected chi connectivity index (χ4v) is 3.79. The van der Waals surface area contributed by atoms with Crippen LogP contribution in [0.1, 0.15) is 32.1 Å². The lowest BCUT2D eigenvalue weighted by Gasteiger charge is -2.41. The molecule has 0 radical (unpaired) electrons. The summed E-state index contributed by atoms with van der Waals surface area (Å²) in [6.07, 6.45) is 9.03. The quantitative estimate of drug-likeness (QED) is 0.931. The van der Waals surface area contributed by atoms with Crippen LogP contribution in [0, 0.1) is 0 Å². The highest BCUT2D eigenvalue weighted by molar-refractivity contribution is 6.33. The third-order valence-corrected chi connectivity index (χ3v) is 5.06. The van der Waals surface area contributed by atoms with Gasteiger partial charge in [0.15, 0.2) is 0 Å². The highest BCUT2D eigenvalue weighted by Gasteiger charge is 2.32. The number of β-amino-alcohol motifs (C(OH)–C–C–N with tert-alkyl or cyclic N) is 1. The van der Waals surface area contributed by atoms with E-state index in [-0.39, 0.29) is 0 Å². The number of piperazine rings is 1. The summed E-state index contributed by atoms with van der Waals surface area (Å²) in [6.45, 7) is 4.71. The van der Waals surface area contributed by atoms with Gasteiger partial charge in [-0.15, -0.1) is 0 Å². The number of pyridine rings is 1. The van der Waals surface area contributed by atoms with E-state index in [1.165, 1.54) is 19.3 Å². The molecule has 0 unspecified atom stereocenters. The molecule has 1 aromatic rings. The molecule has 116 valence electrons. The summed E-state index contributed by atoms with van der Waals surface area (Å²) in [4.78, 5) is 8.75. The summed E-state index contributed by atoms with van der Waals surface area (Å²) in [5.74, 6) is 0. The first-order valence-electron chi connectivity index (χ1n) is 7.96. The molecule has 1 saturated heterocycles. The smallest absolute Gasteiger partial charge is 0.0822 e. The van der Waals surface area contributed by atoms with Gasteiger partial charge in [-0.2, -0.15) is 0 Å². The van der Waals surface area contributed by atoms with Crippen LogP contribution in [0.4, 0.5) is 5.69 Å². The molecule has 1 aliphatic heterocycles. The Bertz CT molecular complexity index is 468. The number of rotatable bonds is 3. The van der Waals surface area contributed by atoms with Crippen LogP contribution < -0.4 is 4.90 Å². The zero-order valence-corrected chi connectivity index (χ0v) is 13.2.